The van der Waals surface area contributed by atoms with Gasteiger partial charge in [0.15, 0.2) is 0 Å². The number of nitrogens with zero attached hydrogens (tertiary/aromatic N) is 1. The largest absolute Gasteiger partial charge is 0.481 e. The zero-order valence-corrected chi connectivity index (χ0v) is 11.4. The smallest absolute Gasteiger partial charge is 0.321 e. The van der Waals surface area contributed by atoms with E-state index in [1.165, 1.54) is 17.0 Å². The van der Waals surface area contributed by atoms with Gasteiger partial charge < -0.3 is 15.3 Å². The van der Waals surface area contributed by atoms with Crippen molar-refractivity contribution in [3.05, 3.63) is 29.0 Å². The zero-order chi connectivity index (χ0) is 14.7. The Kier molecular flexibility index (Phi) is 4.44. The minimum atomic E-state index is -0.903. The quantitative estimate of drug-likeness (QED) is 0.882. The Balaban J connectivity index is 2.00. The van der Waals surface area contributed by atoms with Crippen LogP contribution in [0.2, 0.25) is 5.02 Å². The molecule has 0 radical (unpaired) electrons. The number of aliphatic carboxylic acids is 1. The monoisotopic (exact) mass is 300 g/mol. The van der Waals surface area contributed by atoms with Gasteiger partial charge in [0.25, 0.3) is 0 Å². The summed E-state index contributed by atoms with van der Waals surface area (Å²) in [4.78, 5) is 24.4. The molecule has 0 aliphatic carbocycles. The third kappa shape index (κ3) is 3.39. The first-order valence-corrected chi connectivity index (χ1v) is 6.59. The number of carbonyl (C=O) groups excluding carboxylic acids is 1. The number of carboxylic acids is 1. The Morgan fingerprint density at radius 2 is 2.20 bits per heavy atom. The second kappa shape index (κ2) is 6.09. The number of anilines is 1. The molecule has 1 atom stereocenters. The molecule has 5 nitrogen and oxygen atoms in total. The van der Waals surface area contributed by atoms with Gasteiger partial charge >= 0.3 is 12.0 Å². The second-order valence-electron chi connectivity index (χ2n) is 4.68. The van der Waals surface area contributed by atoms with Crippen molar-refractivity contribution in [1.82, 2.24) is 4.90 Å². The summed E-state index contributed by atoms with van der Waals surface area (Å²) in [5.41, 5.74) is 0.286. The molecule has 1 aromatic rings. The van der Waals surface area contributed by atoms with E-state index in [-0.39, 0.29) is 17.3 Å². The highest BCUT2D eigenvalue weighted by molar-refractivity contribution is 6.30. The summed E-state index contributed by atoms with van der Waals surface area (Å²) in [6.45, 7) is 0.656. The van der Waals surface area contributed by atoms with Gasteiger partial charge in [0.05, 0.1) is 10.9 Å². The van der Waals surface area contributed by atoms with Crippen molar-refractivity contribution in [2.75, 3.05) is 18.4 Å². The molecule has 7 heteroatoms. The minimum absolute atomic E-state index is 0.0214. The SMILES string of the molecule is O=C(O)C1CCCN(C(=O)Nc2ccc(Cl)c(F)c2)C1. The maximum absolute atomic E-state index is 13.3. The first kappa shape index (κ1) is 14.6. The van der Waals surface area contributed by atoms with E-state index in [0.29, 0.717) is 19.4 Å². The first-order valence-electron chi connectivity index (χ1n) is 6.21. The summed E-state index contributed by atoms with van der Waals surface area (Å²) in [5, 5.41) is 11.5. The van der Waals surface area contributed by atoms with E-state index >= 15 is 0 Å². The van der Waals surface area contributed by atoms with Gasteiger partial charge in [0.1, 0.15) is 5.82 Å². The van der Waals surface area contributed by atoms with Crippen LogP contribution in [0.3, 0.4) is 0 Å². The fourth-order valence-corrected chi connectivity index (χ4v) is 2.26. The number of urea groups is 1. The molecule has 1 heterocycles. The van der Waals surface area contributed by atoms with Crippen molar-refractivity contribution in [3.63, 3.8) is 0 Å². The zero-order valence-electron chi connectivity index (χ0n) is 10.6. The molecule has 2 N–H and O–H groups in total. The number of carbonyl (C=O) groups is 2. The van der Waals surface area contributed by atoms with E-state index in [9.17, 15) is 14.0 Å². The van der Waals surface area contributed by atoms with E-state index < -0.39 is 23.7 Å². The van der Waals surface area contributed by atoms with Crippen LogP contribution >= 0.6 is 11.6 Å². The Labute approximate surface area is 120 Å². The van der Waals surface area contributed by atoms with Gasteiger partial charge in [-0.25, -0.2) is 9.18 Å². The Hall–Kier alpha value is -1.82. The van der Waals surface area contributed by atoms with Gasteiger partial charge in [-0.05, 0) is 31.0 Å². The fraction of sp³-hybridized carbons (Fsp3) is 0.385. The van der Waals surface area contributed by atoms with Crippen LogP contribution in [-0.4, -0.2) is 35.1 Å². The highest BCUT2D eigenvalue weighted by Crippen LogP contribution is 2.21. The Morgan fingerprint density at radius 3 is 2.85 bits per heavy atom. The van der Waals surface area contributed by atoms with Crippen LogP contribution in [0.15, 0.2) is 18.2 Å². The second-order valence-corrected chi connectivity index (χ2v) is 5.09. The molecule has 0 saturated carbocycles. The van der Waals surface area contributed by atoms with Gasteiger partial charge in [-0.1, -0.05) is 11.6 Å². The standard InChI is InChI=1S/C13H14ClFN2O3/c14-10-4-3-9(6-11(10)15)16-13(20)17-5-1-2-8(7-17)12(18)19/h3-4,6,8H,1-2,5,7H2,(H,16,20)(H,18,19). The molecule has 0 aromatic heterocycles. The summed E-state index contributed by atoms with van der Waals surface area (Å²) in [6.07, 6.45) is 1.20. The molecule has 1 unspecified atom stereocenters. The number of halogens is 2. The van der Waals surface area contributed by atoms with Gasteiger partial charge in [-0.15, -0.1) is 0 Å². The lowest BCUT2D eigenvalue weighted by atomic mass is 9.99. The highest BCUT2D eigenvalue weighted by Gasteiger charge is 2.28. The molecule has 2 rings (SSSR count). The van der Waals surface area contributed by atoms with E-state index in [0.717, 1.165) is 6.07 Å². The van der Waals surface area contributed by atoms with Crippen LogP contribution in [0.5, 0.6) is 0 Å². The van der Waals surface area contributed by atoms with Crippen LogP contribution in [0.1, 0.15) is 12.8 Å². The Morgan fingerprint density at radius 1 is 1.45 bits per heavy atom. The molecule has 0 spiro atoms. The van der Waals surface area contributed by atoms with E-state index in [2.05, 4.69) is 5.32 Å². The number of likely N-dealkylation sites (tertiary alicyclic amines) is 1. The van der Waals surface area contributed by atoms with Crippen molar-refractivity contribution >= 4 is 29.3 Å². The predicted octanol–water partition coefficient (Wildman–Crippen LogP) is 2.81. The molecule has 0 bridgehead atoms. The fourth-order valence-electron chi connectivity index (χ4n) is 2.14. The summed E-state index contributed by atoms with van der Waals surface area (Å²) < 4.78 is 13.3. The van der Waals surface area contributed by atoms with E-state index in [1.807, 2.05) is 0 Å². The molecule has 1 aliphatic heterocycles. The lowest BCUT2D eigenvalue weighted by molar-refractivity contribution is -0.143. The Bertz CT molecular complexity index is 538. The molecule has 20 heavy (non-hydrogen) atoms. The topological polar surface area (TPSA) is 69.6 Å². The number of nitrogens with one attached hydrogen (secondary N) is 1. The molecule has 108 valence electrons. The highest BCUT2D eigenvalue weighted by atomic mass is 35.5. The normalized spacial score (nSPS) is 18.7. The number of amides is 2. The number of rotatable bonds is 2. The molecular formula is C13H14ClFN2O3. The molecule has 1 aromatic carbocycles. The minimum Gasteiger partial charge on any atom is -0.481 e. The third-order valence-electron chi connectivity index (χ3n) is 3.23. The first-order chi connectivity index (χ1) is 9.47. The average Bonchev–Trinajstić information content (AvgIpc) is 2.43. The number of hydrogen-bond donors (Lipinski definition) is 2. The number of piperidine rings is 1. The van der Waals surface area contributed by atoms with Gasteiger partial charge in [0.2, 0.25) is 0 Å². The summed E-state index contributed by atoms with van der Waals surface area (Å²) in [5.74, 6) is -2.07. The lowest BCUT2D eigenvalue weighted by Gasteiger charge is -2.30. The number of carboxylic acid groups (broad SMARTS) is 1. The predicted molar refractivity (Wildman–Crippen MR) is 72.4 cm³/mol. The number of benzene rings is 1. The van der Waals surface area contributed by atoms with Crippen molar-refractivity contribution in [2.45, 2.75) is 12.8 Å². The van der Waals surface area contributed by atoms with Crippen molar-refractivity contribution in [1.29, 1.82) is 0 Å². The van der Waals surface area contributed by atoms with E-state index in [4.69, 9.17) is 16.7 Å². The van der Waals surface area contributed by atoms with Gasteiger partial charge in [-0.3, -0.25) is 4.79 Å². The summed E-state index contributed by atoms with van der Waals surface area (Å²) in [7, 11) is 0. The van der Waals surface area contributed by atoms with Crippen LogP contribution in [0.25, 0.3) is 0 Å². The van der Waals surface area contributed by atoms with Crippen LogP contribution in [-0.2, 0) is 4.79 Å². The van der Waals surface area contributed by atoms with Crippen molar-refractivity contribution in [2.24, 2.45) is 5.92 Å². The third-order valence-corrected chi connectivity index (χ3v) is 3.54. The van der Waals surface area contributed by atoms with Gasteiger partial charge in [-0.2, -0.15) is 0 Å². The molecule has 2 amide bonds. The molecular weight excluding hydrogens is 287 g/mol. The maximum Gasteiger partial charge on any atom is 0.321 e. The lowest BCUT2D eigenvalue weighted by Crippen LogP contribution is -2.44. The van der Waals surface area contributed by atoms with Crippen LogP contribution in [0.4, 0.5) is 14.9 Å². The van der Waals surface area contributed by atoms with Crippen LogP contribution in [0, 0.1) is 11.7 Å². The maximum atomic E-state index is 13.3. The van der Waals surface area contributed by atoms with Crippen molar-refractivity contribution < 1.29 is 19.1 Å². The molecule has 1 saturated heterocycles. The summed E-state index contributed by atoms with van der Waals surface area (Å²) >= 11 is 5.56. The van der Waals surface area contributed by atoms with Crippen LogP contribution < -0.4 is 5.32 Å². The molecule has 1 aliphatic rings. The van der Waals surface area contributed by atoms with E-state index in [1.54, 1.807) is 0 Å². The van der Waals surface area contributed by atoms with Gasteiger partial charge in [0, 0.05) is 18.8 Å². The van der Waals surface area contributed by atoms with Crippen molar-refractivity contribution in [3.8, 4) is 0 Å². The number of hydrogen-bond acceptors (Lipinski definition) is 2. The molecule has 1 fully saturated rings. The summed E-state index contributed by atoms with van der Waals surface area (Å²) in [6, 6.07) is 3.53. The average molecular weight is 301 g/mol.